The van der Waals surface area contributed by atoms with Crippen LogP contribution in [0.3, 0.4) is 0 Å². The molecule has 1 saturated heterocycles. The van der Waals surface area contributed by atoms with E-state index in [0.717, 1.165) is 27.3 Å². The van der Waals surface area contributed by atoms with Crippen LogP contribution in [0.25, 0.3) is 6.08 Å². The van der Waals surface area contributed by atoms with Crippen molar-refractivity contribution in [2.24, 2.45) is 0 Å². The average molecular weight is 459 g/mol. The van der Waals surface area contributed by atoms with Crippen molar-refractivity contribution in [3.63, 3.8) is 0 Å². The Hall–Kier alpha value is -3.22. The van der Waals surface area contributed by atoms with Crippen molar-refractivity contribution in [3.8, 4) is 0 Å². The third kappa shape index (κ3) is 4.66. The molecule has 3 aromatic carbocycles. The van der Waals surface area contributed by atoms with Crippen LogP contribution >= 0.6 is 24.0 Å². The second-order valence-corrected chi connectivity index (χ2v) is 8.96. The summed E-state index contributed by atoms with van der Waals surface area (Å²) in [5.74, 6) is -0.902. The lowest BCUT2D eigenvalue weighted by atomic mass is 10.0. The smallest absolute Gasteiger partial charge is 0.270 e. The first kappa shape index (κ1) is 22.0. The van der Waals surface area contributed by atoms with Crippen molar-refractivity contribution in [2.75, 3.05) is 4.90 Å². The standard InChI is InChI=1S/C26H22N2O2S2/c1-3-19-6-4-5-7-23(19)28-25(30)22(24(29)27-26(28)31)16-18-10-14-21(15-11-18)32-20-12-8-17(2)9-13-20/h4-16H,3H2,1-2H3,(H,27,29,31)/b22-16+. The summed E-state index contributed by atoms with van der Waals surface area (Å²) in [6.45, 7) is 4.08. The van der Waals surface area contributed by atoms with Gasteiger partial charge in [0.05, 0.1) is 5.69 Å². The van der Waals surface area contributed by atoms with Gasteiger partial charge in [0.2, 0.25) is 0 Å². The van der Waals surface area contributed by atoms with Gasteiger partial charge in [0.25, 0.3) is 11.8 Å². The summed E-state index contributed by atoms with van der Waals surface area (Å²) in [4.78, 5) is 29.5. The van der Waals surface area contributed by atoms with Crippen molar-refractivity contribution < 1.29 is 9.59 Å². The predicted octanol–water partition coefficient (Wildman–Crippen LogP) is 5.54. The zero-order chi connectivity index (χ0) is 22.7. The molecule has 0 saturated carbocycles. The minimum absolute atomic E-state index is 0.0587. The van der Waals surface area contributed by atoms with Crippen molar-refractivity contribution >= 4 is 52.7 Å². The zero-order valence-electron chi connectivity index (χ0n) is 17.8. The van der Waals surface area contributed by atoms with Gasteiger partial charge in [0.1, 0.15) is 5.57 Å². The molecule has 1 fully saturated rings. The van der Waals surface area contributed by atoms with Gasteiger partial charge in [-0.05, 0) is 73.1 Å². The fourth-order valence-corrected chi connectivity index (χ4v) is 4.54. The van der Waals surface area contributed by atoms with Crippen LogP contribution in [-0.4, -0.2) is 16.9 Å². The van der Waals surface area contributed by atoms with E-state index in [2.05, 4.69) is 36.5 Å². The number of carbonyl (C=O) groups is 2. The fraction of sp³-hybridized carbons (Fsp3) is 0.115. The molecule has 1 N–H and O–H groups in total. The van der Waals surface area contributed by atoms with E-state index >= 15 is 0 Å². The quantitative estimate of drug-likeness (QED) is 0.310. The van der Waals surface area contributed by atoms with Crippen molar-refractivity contribution in [2.45, 2.75) is 30.1 Å². The highest BCUT2D eigenvalue weighted by atomic mass is 32.2. The Morgan fingerprint density at radius 1 is 0.938 bits per heavy atom. The summed E-state index contributed by atoms with van der Waals surface area (Å²) in [6, 6.07) is 23.7. The van der Waals surface area contributed by atoms with E-state index in [0.29, 0.717) is 5.69 Å². The molecule has 1 heterocycles. The molecule has 6 heteroatoms. The number of rotatable bonds is 5. The third-order valence-electron chi connectivity index (χ3n) is 5.16. The summed E-state index contributed by atoms with van der Waals surface area (Å²) in [5.41, 5.74) is 3.73. The van der Waals surface area contributed by atoms with Gasteiger partial charge in [0, 0.05) is 9.79 Å². The van der Waals surface area contributed by atoms with Crippen LogP contribution in [0.15, 0.2) is 88.2 Å². The number of thiocarbonyl (C=S) groups is 1. The zero-order valence-corrected chi connectivity index (χ0v) is 19.4. The Morgan fingerprint density at radius 2 is 1.56 bits per heavy atom. The van der Waals surface area contributed by atoms with Crippen molar-refractivity contribution in [3.05, 3.63) is 95.1 Å². The van der Waals surface area contributed by atoms with Crippen LogP contribution in [-0.2, 0) is 16.0 Å². The van der Waals surface area contributed by atoms with Crippen LogP contribution in [0.1, 0.15) is 23.6 Å². The molecule has 0 aromatic heterocycles. The molecule has 32 heavy (non-hydrogen) atoms. The fourth-order valence-electron chi connectivity index (χ4n) is 3.45. The number of para-hydroxylation sites is 1. The van der Waals surface area contributed by atoms with Gasteiger partial charge in [-0.25, -0.2) is 0 Å². The maximum Gasteiger partial charge on any atom is 0.270 e. The predicted molar refractivity (Wildman–Crippen MR) is 134 cm³/mol. The van der Waals surface area contributed by atoms with E-state index in [4.69, 9.17) is 12.2 Å². The number of hydrogen-bond donors (Lipinski definition) is 1. The summed E-state index contributed by atoms with van der Waals surface area (Å²) in [7, 11) is 0. The van der Waals surface area contributed by atoms with Crippen LogP contribution < -0.4 is 10.2 Å². The Balaban J connectivity index is 1.59. The molecule has 1 aliphatic heterocycles. The molecule has 0 atom stereocenters. The van der Waals surface area contributed by atoms with Gasteiger partial charge in [-0.1, -0.05) is 66.7 Å². The van der Waals surface area contributed by atoms with E-state index in [1.165, 1.54) is 10.5 Å². The number of hydrogen-bond acceptors (Lipinski definition) is 4. The lowest BCUT2D eigenvalue weighted by Gasteiger charge is -2.30. The summed E-state index contributed by atoms with van der Waals surface area (Å²) in [5, 5.41) is 2.75. The number of nitrogens with one attached hydrogen (secondary N) is 1. The van der Waals surface area contributed by atoms with Crippen molar-refractivity contribution in [1.82, 2.24) is 5.32 Å². The van der Waals surface area contributed by atoms with Gasteiger partial charge in [0.15, 0.2) is 5.11 Å². The van der Waals surface area contributed by atoms with E-state index in [1.807, 2.05) is 55.5 Å². The summed E-state index contributed by atoms with van der Waals surface area (Å²) in [6.07, 6.45) is 2.36. The normalized spacial score (nSPS) is 15.2. The molecular weight excluding hydrogens is 436 g/mol. The molecule has 4 rings (SSSR count). The van der Waals surface area contributed by atoms with E-state index in [1.54, 1.807) is 17.8 Å². The largest absolute Gasteiger partial charge is 0.298 e. The number of anilines is 1. The maximum absolute atomic E-state index is 13.3. The lowest BCUT2D eigenvalue weighted by molar-refractivity contribution is -0.122. The summed E-state index contributed by atoms with van der Waals surface area (Å²) < 4.78 is 0. The Morgan fingerprint density at radius 3 is 2.22 bits per heavy atom. The lowest BCUT2D eigenvalue weighted by Crippen LogP contribution is -2.54. The van der Waals surface area contributed by atoms with Gasteiger partial charge >= 0.3 is 0 Å². The second-order valence-electron chi connectivity index (χ2n) is 7.42. The highest BCUT2D eigenvalue weighted by Crippen LogP contribution is 2.29. The van der Waals surface area contributed by atoms with Crippen LogP contribution in [0.5, 0.6) is 0 Å². The molecule has 0 aliphatic carbocycles. The molecular formula is C26H22N2O2S2. The number of nitrogens with zero attached hydrogens (tertiary/aromatic N) is 1. The Bertz CT molecular complexity index is 1220. The second kappa shape index (κ2) is 9.51. The number of benzene rings is 3. The van der Waals surface area contributed by atoms with Crippen molar-refractivity contribution in [1.29, 1.82) is 0 Å². The number of aryl methyl sites for hydroxylation is 2. The molecule has 4 nitrogen and oxygen atoms in total. The minimum atomic E-state index is -0.483. The molecule has 2 amide bonds. The van der Waals surface area contributed by atoms with Gasteiger partial charge < -0.3 is 0 Å². The molecule has 160 valence electrons. The van der Waals surface area contributed by atoms with Gasteiger partial charge in [-0.2, -0.15) is 0 Å². The first-order valence-electron chi connectivity index (χ1n) is 10.3. The maximum atomic E-state index is 13.3. The first-order valence-corrected chi connectivity index (χ1v) is 11.5. The van der Waals surface area contributed by atoms with E-state index in [9.17, 15) is 9.59 Å². The molecule has 3 aromatic rings. The van der Waals surface area contributed by atoms with Crippen LogP contribution in [0.2, 0.25) is 0 Å². The molecule has 0 radical (unpaired) electrons. The SMILES string of the molecule is CCc1ccccc1N1C(=O)/C(=C/c2ccc(Sc3ccc(C)cc3)cc2)C(=O)NC1=S. The number of amides is 2. The molecule has 1 aliphatic rings. The van der Waals surface area contributed by atoms with Gasteiger partial charge in [-0.15, -0.1) is 0 Å². The first-order chi connectivity index (χ1) is 15.5. The highest BCUT2D eigenvalue weighted by Gasteiger charge is 2.35. The number of carbonyl (C=O) groups excluding carboxylic acids is 2. The Kier molecular flexibility index (Phi) is 6.53. The third-order valence-corrected chi connectivity index (χ3v) is 6.46. The van der Waals surface area contributed by atoms with Crippen LogP contribution in [0, 0.1) is 6.92 Å². The molecule has 0 bridgehead atoms. The molecule has 0 unspecified atom stereocenters. The minimum Gasteiger partial charge on any atom is -0.298 e. The highest BCUT2D eigenvalue weighted by molar-refractivity contribution is 7.99. The van der Waals surface area contributed by atoms with Crippen LogP contribution in [0.4, 0.5) is 5.69 Å². The van der Waals surface area contributed by atoms with E-state index in [-0.39, 0.29) is 10.7 Å². The summed E-state index contributed by atoms with van der Waals surface area (Å²) >= 11 is 6.98. The average Bonchev–Trinajstić information content (AvgIpc) is 2.79. The molecule has 0 spiro atoms. The topological polar surface area (TPSA) is 49.4 Å². The van der Waals surface area contributed by atoms with Gasteiger partial charge in [-0.3, -0.25) is 19.8 Å². The Labute approximate surface area is 197 Å². The van der Waals surface area contributed by atoms with E-state index < -0.39 is 11.8 Å². The monoisotopic (exact) mass is 458 g/mol.